The minimum Gasteiger partial charge on any atom is -0.354 e. The van der Waals surface area contributed by atoms with Crippen LogP contribution in [0.1, 0.15) is 18.5 Å². The number of aromatic nitrogens is 3. The van der Waals surface area contributed by atoms with E-state index in [9.17, 15) is 8.42 Å². The Morgan fingerprint density at radius 1 is 1.00 bits per heavy atom. The maximum absolute atomic E-state index is 13.0. The van der Waals surface area contributed by atoms with E-state index in [1.54, 1.807) is 30.5 Å². The van der Waals surface area contributed by atoms with E-state index in [1.807, 2.05) is 43.3 Å². The fraction of sp³-hybridized carbons (Fsp3) is 0.240. The molecule has 1 N–H and O–H groups in total. The second-order valence-electron chi connectivity index (χ2n) is 8.17. The molecule has 0 bridgehead atoms. The van der Waals surface area contributed by atoms with Crippen LogP contribution in [0, 0.1) is 6.92 Å². The highest BCUT2D eigenvalue weighted by molar-refractivity contribution is 7.92. The van der Waals surface area contributed by atoms with Crippen molar-refractivity contribution in [2.24, 2.45) is 0 Å². The third-order valence-corrected chi connectivity index (χ3v) is 8.15. The smallest absolute Gasteiger partial charge is 0.187 e. The molecule has 33 heavy (non-hydrogen) atoms. The molecule has 0 saturated carbocycles. The maximum atomic E-state index is 13.0. The van der Waals surface area contributed by atoms with Gasteiger partial charge in [-0.25, -0.2) is 13.4 Å². The van der Waals surface area contributed by atoms with Gasteiger partial charge in [0, 0.05) is 23.7 Å². The molecule has 0 spiro atoms. The lowest BCUT2D eigenvalue weighted by molar-refractivity contribution is 0.433. The Bertz CT molecular complexity index is 1360. The van der Waals surface area contributed by atoms with Gasteiger partial charge in [0.2, 0.25) is 0 Å². The molecule has 2 aromatic heterocycles. The van der Waals surface area contributed by atoms with E-state index in [0.717, 1.165) is 35.5 Å². The molecule has 1 saturated heterocycles. The normalized spacial score (nSPS) is 16.6. The van der Waals surface area contributed by atoms with Gasteiger partial charge in [0.15, 0.2) is 15.6 Å². The number of hydrogen-bond donors (Lipinski definition) is 1. The zero-order chi connectivity index (χ0) is 22.8. The lowest BCUT2D eigenvalue weighted by atomic mass is 10.1. The van der Waals surface area contributed by atoms with Gasteiger partial charge >= 0.3 is 0 Å². The molecule has 1 aliphatic heterocycles. The van der Waals surface area contributed by atoms with Crippen molar-refractivity contribution in [1.29, 1.82) is 0 Å². The van der Waals surface area contributed by atoms with Gasteiger partial charge in [0.25, 0.3) is 0 Å². The van der Waals surface area contributed by atoms with Crippen molar-refractivity contribution in [3.05, 3.63) is 72.6 Å². The zero-order valence-corrected chi connectivity index (χ0v) is 19.0. The van der Waals surface area contributed by atoms with Crippen molar-refractivity contribution in [2.75, 3.05) is 13.1 Å². The molecule has 1 fully saturated rings. The van der Waals surface area contributed by atoms with Crippen molar-refractivity contribution >= 4 is 9.84 Å². The zero-order valence-electron chi connectivity index (χ0n) is 18.2. The van der Waals surface area contributed by atoms with Crippen LogP contribution in [0.5, 0.6) is 0 Å². The third kappa shape index (κ3) is 4.31. The Balaban J connectivity index is 1.43. The summed E-state index contributed by atoms with van der Waals surface area (Å²) in [6, 6.07) is 18.5. The fourth-order valence-electron chi connectivity index (χ4n) is 4.05. The van der Waals surface area contributed by atoms with Crippen LogP contribution in [-0.4, -0.2) is 41.9 Å². The number of sulfone groups is 1. The van der Waals surface area contributed by atoms with Crippen LogP contribution in [-0.2, 0) is 9.84 Å². The summed E-state index contributed by atoms with van der Waals surface area (Å²) < 4.78 is 31.5. The van der Waals surface area contributed by atoms with Crippen LogP contribution in [0.4, 0.5) is 0 Å². The summed E-state index contributed by atoms with van der Waals surface area (Å²) in [6.07, 6.45) is 3.24. The van der Waals surface area contributed by atoms with Crippen LogP contribution >= 0.6 is 0 Å². The number of piperidine rings is 1. The lowest BCUT2D eigenvalue weighted by Gasteiger charge is -2.22. The second-order valence-corrected chi connectivity index (χ2v) is 10.4. The van der Waals surface area contributed by atoms with Crippen molar-refractivity contribution in [1.82, 2.24) is 20.4 Å². The van der Waals surface area contributed by atoms with Crippen LogP contribution in [0.25, 0.3) is 34.0 Å². The van der Waals surface area contributed by atoms with Crippen molar-refractivity contribution in [3.63, 3.8) is 0 Å². The molecular formula is C25H24N4O3S. The number of nitrogens with zero attached hydrogens (tertiary/aromatic N) is 3. The van der Waals surface area contributed by atoms with Crippen molar-refractivity contribution in [3.8, 4) is 34.0 Å². The predicted molar refractivity (Wildman–Crippen MR) is 126 cm³/mol. The van der Waals surface area contributed by atoms with E-state index >= 15 is 0 Å². The molecule has 1 aliphatic rings. The first kappa shape index (κ1) is 21.5. The summed E-state index contributed by atoms with van der Waals surface area (Å²) in [7, 11) is -3.36. The highest BCUT2D eigenvalue weighted by Gasteiger charge is 2.28. The molecule has 2 aromatic carbocycles. The number of hydrogen-bond acceptors (Lipinski definition) is 7. The Hall–Kier alpha value is -3.36. The SMILES string of the molecule is Cc1ncc(-c2ccc(S(=O)(=O)C3CCCNC3)cc2)nc1-c1cc(-c2ccccc2)no1. The third-order valence-electron chi connectivity index (χ3n) is 5.94. The Morgan fingerprint density at radius 3 is 2.48 bits per heavy atom. The van der Waals surface area contributed by atoms with E-state index in [0.29, 0.717) is 35.0 Å². The second kappa shape index (κ2) is 8.88. The molecule has 0 radical (unpaired) electrons. The van der Waals surface area contributed by atoms with Gasteiger partial charge < -0.3 is 9.84 Å². The molecule has 4 aromatic rings. The number of rotatable bonds is 5. The Morgan fingerprint density at radius 2 is 1.76 bits per heavy atom. The standard InChI is InChI=1S/C25H24N4O3S/c1-17-25(24-14-22(29-32-24)18-6-3-2-4-7-18)28-23(16-27-17)19-9-11-20(12-10-19)33(30,31)21-8-5-13-26-15-21/h2-4,6-7,9-12,14,16,21,26H,5,8,13,15H2,1H3. The molecule has 7 nitrogen and oxygen atoms in total. The Labute approximate surface area is 192 Å². The molecule has 3 heterocycles. The monoisotopic (exact) mass is 460 g/mol. The average molecular weight is 461 g/mol. The summed E-state index contributed by atoms with van der Waals surface area (Å²) >= 11 is 0. The summed E-state index contributed by atoms with van der Waals surface area (Å²) in [5, 5.41) is 6.97. The molecule has 1 unspecified atom stereocenters. The molecule has 1 atom stereocenters. The summed E-state index contributed by atoms with van der Waals surface area (Å²) in [5.74, 6) is 0.532. The minimum absolute atomic E-state index is 0.336. The molecule has 8 heteroatoms. The van der Waals surface area contributed by atoms with Crippen LogP contribution in [0.15, 0.2) is 76.3 Å². The van der Waals surface area contributed by atoms with E-state index in [-0.39, 0.29) is 5.25 Å². The fourth-order valence-corrected chi connectivity index (χ4v) is 5.76. The van der Waals surface area contributed by atoms with Gasteiger partial charge in [-0.2, -0.15) is 0 Å². The van der Waals surface area contributed by atoms with Gasteiger partial charge in [0.05, 0.1) is 27.7 Å². The largest absolute Gasteiger partial charge is 0.354 e. The summed E-state index contributed by atoms with van der Waals surface area (Å²) in [6.45, 7) is 3.24. The van der Waals surface area contributed by atoms with E-state index in [2.05, 4.69) is 15.5 Å². The van der Waals surface area contributed by atoms with Gasteiger partial charge in [-0.1, -0.05) is 47.6 Å². The molecule has 0 amide bonds. The van der Waals surface area contributed by atoms with Crippen molar-refractivity contribution < 1.29 is 12.9 Å². The van der Waals surface area contributed by atoms with E-state index in [1.165, 1.54) is 0 Å². The average Bonchev–Trinajstić information content (AvgIpc) is 3.36. The van der Waals surface area contributed by atoms with Gasteiger partial charge in [-0.3, -0.25) is 4.98 Å². The van der Waals surface area contributed by atoms with Gasteiger partial charge in [0.1, 0.15) is 11.4 Å². The lowest BCUT2D eigenvalue weighted by Crippen LogP contribution is -2.38. The first-order chi connectivity index (χ1) is 16.0. The number of nitrogens with one attached hydrogen (secondary N) is 1. The van der Waals surface area contributed by atoms with Gasteiger partial charge in [-0.05, 0) is 38.4 Å². The predicted octanol–water partition coefficient (Wildman–Crippen LogP) is 4.30. The summed E-state index contributed by atoms with van der Waals surface area (Å²) in [4.78, 5) is 9.56. The summed E-state index contributed by atoms with van der Waals surface area (Å²) in [5.41, 5.74) is 4.43. The van der Waals surface area contributed by atoms with E-state index in [4.69, 9.17) is 9.51 Å². The first-order valence-corrected chi connectivity index (χ1v) is 12.5. The molecule has 5 rings (SSSR count). The molecular weight excluding hydrogens is 436 g/mol. The minimum atomic E-state index is -3.36. The maximum Gasteiger partial charge on any atom is 0.187 e. The first-order valence-electron chi connectivity index (χ1n) is 10.9. The number of benzene rings is 2. The highest BCUT2D eigenvalue weighted by atomic mass is 32.2. The highest BCUT2D eigenvalue weighted by Crippen LogP contribution is 2.29. The van der Waals surface area contributed by atoms with Crippen LogP contribution in [0.3, 0.4) is 0 Å². The van der Waals surface area contributed by atoms with Gasteiger partial charge in [-0.15, -0.1) is 0 Å². The Kier molecular flexibility index (Phi) is 5.78. The van der Waals surface area contributed by atoms with E-state index < -0.39 is 9.84 Å². The topological polar surface area (TPSA) is 98.0 Å². The number of aryl methyl sites for hydroxylation is 1. The van der Waals surface area contributed by atoms with Crippen LogP contribution in [0.2, 0.25) is 0 Å². The molecule has 0 aliphatic carbocycles. The van der Waals surface area contributed by atoms with Crippen LogP contribution < -0.4 is 5.32 Å². The quantitative estimate of drug-likeness (QED) is 0.474. The van der Waals surface area contributed by atoms with Crippen molar-refractivity contribution in [2.45, 2.75) is 29.9 Å². The molecule has 168 valence electrons.